The van der Waals surface area contributed by atoms with Gasteiger partial charge in [-0.2, -0.15) is 20.8 Å². The molecule has 0 aromatic rings. The van der Waals surface area contributed by atoms with Crippen molar-refractivity contribution in [3.63, 3.8) is 0 Å². The predicted molar refractivity (Wildman–Crippen MR) is 70.8 cm³/mol. The Labute approximate surface area is 110 Å². The van der Waals surface area contributed by atoms with Crippen LogP contribution in [0.15, 0.2) is 10.2 Å². The highest BCUT2D eigenvalue weighted by Gasteiger charge is 2.25. The highest BCUT2D eigenvalue weighted by Crippen LogP contribution is 2.20. The number of nitriles is 2. The number of hydrogen-bond donors (Lipinski definition) is 1. The zero-order valence-corrected chi connectivity index (χ0v) is 12.2. The van der Waals surface area contributed by atoms with Crippen LogP contribution < -0.4 is 0 Å². The molecule has 0 radical (unpaired) electrons. The maximum atomic E-state index is 8.84. The van der Waals surface area contributed by atoms with Crippen molar-refractivity contribution in [1.29, 1.82) is 10.5 Å². The number of hydrogen-bond acceptors (Lipinski definition) is 5. The number of rotatable bonds is 4. The van der Waals surface area contributed by atoms with Gasteiger partial charge in [-0.25, -0.2) is 0 Å². The first-order valence-electron chi connectivity index (χ1n) is 6.13. The Morgan fingerprint density at radius 1 is 1.00 bits per heavy atom. The van der Waals surface area contributed by atoms with Gasteiger partial charge in [0.1, 0.15) is 0 Å². The number of aliphatic hydroxyl groups excluding tert-OH is 1. The van der Waals surface area contributed by atoms with E-state index in [-0.39, 0.29) is 6.10 Å². The molecule has 18 heavy (non-hydrogen) atoms. The normalized spacial score (nSPS) is 17.0. The van der Waals surface area contributed by atoms with Crippen LogP contribution in [0, 0.1) is 22.7 Å². The van der Waals surface area contributed by atoms with Gasteiger partial charge in [0.2, 0.25) is 0 Å². The molecule has 0 heterocycles. The standard InChI is InChI=1S/C10H16N4.C3H8O/c1-5-9(3,7-11)13-14-10(4,6-2)8-12;1-3(2)4/h5-6H2,1-4H3;3-4H,1-2H3. The summed E-state index contributed by atoms with van der Waals surface area (Å²) in [5.41, 5.74) is -1.60. The molecule has 0 aliphatic rings. The average Bonchev–Trinajstić information content (AvgIpc) is 2.35. The van der Waals surface area contributed by atoms with E-state index in [1.54, 1.807) is 27.7 Å². The van der Waals surface area contributed by atoms with E-state index in [4.69, 9.17) is 15.6 Å². The molecule has 0 rings (SSSR count). The van der Waals surface area contributed by atoms with Gasteiger partial charge in [0.25, 0.3) is 0 Å². The monoisotopic (exact) mass is 252 g/mol. The molecule has 0 amide bonds. The summed E-state index contributed by atoms with van der Waals surface area (Å²) in [6, 6.07) is 4.16. The minimum Gasteiger partial charge on any atom is -0.394 e. The van der Waals surface area contributed by atoms with Gasteiger partial charge >= 0.3 is 0 Å². The smallest absolute Gasteiger partial charge is 0.164 e. The highest BCUT2D eigenvalue weighted by molar-refractivity contribution is 5.06. The summed E-state index contributed by atoms with van der Waals surface area (Å²) in [4.78, 5) is 0. The van der Waals surface area contributed by atoms with Crippen LogP contribution in [0.25, 0.3) is 0 Å². The molecule has 0 aliphatic heterocycles. The van der Waals surface area contributed by atoms with Crippen molar-refractivity contribution in [2.24, 2.45) is 10.2 Å². The lowest BCUT2D eigenvalue weighted by Gasteiger charge is -2.16. The first-order valence-corrected chi connectivity index (χ1v) is 6.13. The molecule has 5 heteroatoms. The van der Waals surface area contributed by atoms with Gasteiger partial charge in [0, 0.05) is 6.10 Å². The van der Waals surface area contributed by atoms with Crippen LogP contribution >= 0.6 is 0 Å². The first-order chi connectivity index (χ1) is 8.18. The van der Waals surface area contributed by atoms with Crippen molar-refractivity contribution >= 4 is 0 Å². The minimum absolute atomic E-state index is 0.167. The Hall–Kier alpha value is -1.46. The summed E-state index contributed by atoms with van der Waals surface area (Å²) in [6.07, 6.45) is 1.02. The summed E-state index contributed by atoms with van der Waals surface area (Å²) < 4.78 is 0. The van der Waals surface area contributed by atoms with Crippen molar-refractivity contribution in [1.82, 2.24) is 0 Å². The van der Waals surface area contributed by atoms with Gasteiger partial charge in [-0.3, -0.25) is 0 Å². The van der Waals surface area contributed by atoms with Crippen molar-refractivity contribution in [3.05, 3.63) is 0 Å². The van der Waals surface area contributed by atoms with Crippen LogP contribution in [0.2, 0.25) is 0 Å². The van der Waals surface area contributed by atoms with E-state index in [1.165, 1.54) is 0 Å². The number of aliphatic hydroxyl groups is 1. The second-order valence-corrected chi connectivity index (χ2v) is 4.77. The summed E-state index contributed by atoms with van der Waals surface area (Å²) in [5, 5.41) is 33.6. The highest BCUT2D eigenvalue weighted by atomic mass is 16.3. The lowest BCUT2D eigenvalue weighted by atomic mass is 10.0. The Morgan fingerprint density at radius 3 is 1.33 bits per heavy atom. The maximum absolute atomic E-state index is 8.84. The molecule has 0 aromatic heterocycles. The second-order valence-electron chi connectivity index (χ2n) is 4.77. The fraction of sp³-hybridized carbons (Fsp3) is 0.846. The van der Waals surface area contributed by atoms with Crippen molar-refractivity contribution in [3.8, 4) is 12.1 Å². The number of azo groups is 1. The van der Waals surface area contributed by atoms with E-state index < -0.39 is 11.1 Å². The SMILES string of the molecule is CC(C)O.CCC(C)(C#N)N=NC(C)(C#N)CC. The third kappa shape index (κ3) is 8.66. The first kappa shape index (κ1) is 18.9. The van der Waals surface area contributed by atoms with E-state index in [0.29, 0.717) is 12.8 Å². The molecule has 0 spiro atoms. The molecule has 0 bridgehead atoms. The Balaban J connectivity index is 0. The Kier molecular flexibility index (Phi) is 9.03. The average molecular weight is 252 g/mol. The molecule has 0 aromatic carbocycles. The minimum atomic E-state index is -0.798. The van der Waals surface area contributed by atoms with Gasteiger partial charge in [-0.1, -0.05) is 13.8 Å². The maximum Gasteiger partial charge on any atom is 0.164 e. The second kappa shape index (κ2) is 8.60. The van der Waals surface area contributed by atoms with Crippen LogP contribution in [0.4, 0.5) is 0 Å². The Bertz CT molecular complexity index is 307. The van der Waals surface area contributed by atoms with Crippen molar-refractivity contribution < 1.29 is 5.11 Å². The van der Waals surface area contributed by atoms with Crippen molar-refractivity contribution in [2.45, 2.75) is 71.6 Å². The Morgan fingerprint density at radius 2 is 1.22 bits per heavy atom. The summed E-state index contributed by atoms with van der Waals surface area (Å²) >= 11 is 0. The van der Waals surface area contributed by atoms with E-state index >= 15 is 0 Å². The van der Waals surface area contributed by atoms with Gasteiger partial charge in [0.15, 0.2) is 11.1 Å². The van der Waals surface area contributed by atoms with E-state index in [1.807, 2.05) is 13.8 Å². The van der Waals surface area contributed by atoms with E-state index in [2.05, 4.69) is 22.4 Å². The van der Waals surface area contributed by atoms with E-state index in [9.17, 15) is 0 Å². The fourth-order valence-corrected chi connectivity index (χ4v) is 0.565. The summed E-state index contributed by atoms with van der Waals surface area (Å²) in [6.45, 7) is 10.6. The molecular formula is C13H24N4O. The molecule has 5 nitrogen and oxygen atoms in total. The molecule has 1 N–H and O–H groups in total. The lowest BCUT2D eigenvalue weighted by Crippen LogP contribution is -2.22. The fourth-order valence-electron chi connectivity index (χ4n) is 0.565. The largest absolute Gasteiger partial charge is 0.394 e. The van der Waals surface area contributed by atoms with Crippen LogP contribution in [0.5, 0.6) is 0 Å². The van der Waals surface area contributed by atoms with Gasteiger partial charge in [-0.05, 0) is 40.5 Å². The van der Waals surface area contributed by atoms with Crippen LogP contribution in [0.1, 0.15) is 54.4 Å². The molecule has 102 valence electrons. The summed E-state index contributed by atoms with van der Waals surface area (Å²) in [7, 11) is 0. The summed E-state index contributed by atoms with van der Waals surface area (Å²) in [5.74, 6) is 0. The molecule has 2 atom stereocenters. The van der Waals surface area contributed by atoms with Crippen molar-refractivity contribution in [2.75, 3.05) is 0 Å². The lowest BCUT2D eigenvalue weighted by molar-refractivity contribution is 0.216. The van der Waals surface area contributed by atoms with Crippen LogP contribution in [-0.2, 0) is 0 Å². The zero-order valence-electron chi connectivity index (χ0n) is 12.2. The molecule has 0 aliphatic carbocycles. The molecule has 0 saturated carbocycles. The van der Waals surface area contributed by atoms with Crippen LogP contribution in [0.3, 0.4) is 0 Å². The van der Waals surface area contributed by atoms with E-state index in [0.717, 1.165) is 0 Å². The molecular weight excluding hydrogens is 228 g/mol. The predicted octanol–water partition coefficient (Wildman–Crippen LogP) is 3.21. The topological polar surface area (TPSA) is 92.5 Å². The number of nitrogens with zero attached hydrogens (tertiary/aromatic N) is 4. The molecule has 2 unspecified atom stereocenters. The molecule has 0 fully saturated rings. The van der Waals surface area contributed by atoms with Gasteiger partial charge in [0.05, 0.1) is 12.1 Å². The molecule has 0 saturated heterocycles. The third-order valence-corrected chi connectivity index (χ3v) is 2.35. The van der Waals surface area contributed by atoms with Gasteiger partial charge < -0.3 is 5.11 Å². The quantitative estimate of drug-likeness (QED) is 0.778. The van der Waals surface area contributed by atoms with Gasteiger partial charge in [-0.15, -0.1) is 0 Å². The van der Waals surface area contributed by atoms with Crippen LogP contribution in [-0.4, -0.2) is 22.3 Å². The third-order valence-electron chi connectivity index (χ3n) is 2.35. The zero-order chi connectivity index (χ0) is 14.8.